The Balaban J connectivity index is 0.00000200. The number of nitrogens with one attached hydrogen (secondary N) is 1. The third-order valence-electron chi connectivity index (χ3n) is 9.61. The maximum Gasteiger partial charge on any atom is 0.254 e. The van der Waals surface area contributed by atoms with E-state index < -0.39 is 11.0 Å². The number of hydrazine groups is 1. The molecule has 0 saturated carbocycles. The van der Waals surface area contributed by atoms with E-state index in [2.05, 4.69) is 27.5 Å². The molecule has 0 aromatic heterocycles. The molecule has 264 valence electrons. The molecule has 0 radical (unpaired) electrons. The van der Waals surface area contributed by atoms with Crippen LogP contribution in [0.2, 0.25) is 10.0 Å². The SMILES string of the molecule is Cl.Cl.O.O.O=C(c1ccccc1)N1CCOC(CCN2CCC(C(=O)NN3CCCC3)(c3ccccc3)CC2)(c2ccc(Cl)c(Cl)c2)C1. The zero-order chi connectivity index (χ0) is 30.6. The molecule has 0 aliphatic carbocycles. The Bertz CT molecular complexity index is 1460. The summed E-state index contributed by atoms with van der Waals surface area (Å²) in [4.78, 5) is 31.7. The topological polar surface area (TPSA) is 128 Å². The Hall–Kier alpha value is -2.44. The van der Waals surface area contributed by atoms with Crippen LogP contribution >= 0.6 is 48.0 Å². The fourth-order valence-corrected chi connectivity index (χ4v) is 7.25. The lowest BCUT2D eigenvalue weighted by Gasteiger charge is -2.46. The molecule has 0 bridgehead atoms. The molecule has 3 aromatic rings. The van der Waals surface area contributed by atoms with E-state index in [4.69, 9.17) is 27.9 Å². The maximum atomic E-state index is 13.8. The second-order valence-electron chi connectivity index (χ2n) is 12.2. The van der Waals surface area contributed by atoms with Crippen LogP contribution in [-0.4, -0.2) is 90.0 Å². The molecule has 3 aromatic carbocycles. The van der Waals surface area contributed by atoms with Gasteiger partial charge in [0.25, 0.3) is 5.91 Å². The van der Waals surface area contributed by atoms with E-state index in [9.17, 15) is 9.59 Å². The van der Waals surface area contributed by atoms with Gasteiger partial charge in [0.05, 0.1) is 28.6 Å². The quantitative estimate of drug-likeness (QED) is 0.343. The predicted molar refractivity (Wildman–Crippen MR) is 196 cm³/mol. The number of nitrogens with zero attached hydrogens (tertiary/aromatic N) is 3. The van der Waals surface area contributed by atoms with Gasteiger partial charge < -0.3 is 25.5 Å². The van der Waals surface area contributed by atoms with E-state index in [1.807, 2.05) is 65.6 Å². The van der Waals surface area contributed by atoms with E-state index in [1.54, 1.807) is 6.07 Å². The lowest BCUT2D eigenvalue weighted by Crippen LogP contribution is -2.56. The van der Waals surface area contributed by atoms with Crippen LogP contribution in [0.1, 0.15) is 53.6 Å². The number of likely N-dealkylation sites (tertiary alicyclic amines) is 1. The first-order valence-electron chi connectivity index (χ1n) is 15.7. The van der Waals surface area contributed by atoms with Crippen molar-refractivity contribution in [1.29, 1.82) is 0 Å². The van der Waals surface area contributed by atoms with Gasteiger partial charge in [-0.2, -0.15) is 0 Å². The first-order valence-corrected chi connectivity index (χ1v) is 16.4. The number of morpholine rings is 1. The highest BCUT2D eigenvalue weighted by Crippen LogP contribution is 2.40. The van der Waals surface area contributed by atoms with Gasteiger partial charge in [0.1, 0.15) is 5.60 Å². The average molecular weight is 745 g/mol. The molecule has 3 aliphatic rings. The third-order valence-corrected chi connectivity index (χ3v) is 10.3. The van der Waals surface area contributed by atoms with Crippen LogP contribution in [0.25, 0.3) is 0 Å². The van der Waals surface area contributed by atoms with E-state index in [0.717, 1.165) is 69.5 Å². The summed E-state index contributed by atoms with van der Waals surface area (Å²) >= 11 is 12.8. The number of carbonyl (C=O) groups excluding carboxylic acids is 2. The lowest BCUT2D eigenvalue weighted by molar-refractivity contribution is -0.134. The Kier molecular flexibility index (Phi) is 16.1. The summed E-state index contributed by atoms with van der Waals surface area (Å²) in [5.41, 5.74) is 4.60. The molecule has 13 heteroatoms. The van der Waals surface area contributed by atoms with Gasteiger partial charge in [0, 0.05) is 31.7 Å². The van der Waals surface area contributed by atoms with E-state index in [1.165, 1.54) is 0 Å². The molecule has 48 heavy (non-hydrogen) atoms. The summed E-state index contributed by atoms with van der Waals surface area (Å²) in [5, 5.41) is 3.02. The summed E-state index contributed by atoms with van der Waals surface area (Å²) in [6.07, 6.45) is 4.36. The fraction of sp³-hybridized carbons (Fsp3) is 0.429. The molecule has 3 saturated heterocycles. The number of benzene rings is 3. The van der Waals surface area contributed by atoms with Crippen molar-refractivity contribution in [1.82, 2.24) is 20.2 Å². The number of amides is 2. The minimum Gasteiger partial charge on any atom is -0.412 e. The van der Waals surface area contributed by atoms with Gasteiger partial charge in [-0.3, -0.25) is 15.0 Å². The molecule has 1 unspecified atom stereocenters. The number of hydrogen-bond donors (Lipinski definition) is 1. The minimum absolute atomic E-state index is 0. The largest absolute Gasteiger partial charge is 0.412 e. The summed E-state index contributed by atoms with van der Waals surface area (Å²) in [6.45, 7) is 5.50. The average Bonchev–Trinajstić information content (AvgIpc) is 3.59. The zero-order valence-corrected chi connectivity index (χ0v) is 30.0. The van der Waals surface area contributed by atoms with Gasteiger partial charge in [-0.25, -0.2) is 5.01 Å². The molecular formula is C35H46Cl4N4O5. The summed E-state index contributed by atoms with van der Waals surface area (Å²) in [7, 11) is 0. The summed E-state index contributed by atoms with van der Waals surface area (Å²) < 4.78 is 6.58. The second kappa shape index (κ2) is 18.5. The number of halogens is 4. The molecule has 5 N–H and O–H groups in total. The Labute approximate surface area is 305 Å². The van der Waals surface area contributed by atoms with Crippen LogP contribution in [0.3, 0.4) is 0 Å². The molecule has 3 aliphatic heterocycles. The Morgan fingerprint density at radius 1 is 0.771 bits per heavy atom. The molecule has 0 spiro atoms. The van der Waals surface area contributed by atoms with Gasteiger partial charge in [-0.15, -0.1) is 24.8 Å². The molecule has 3 fully saturated rings. The van der Waals surface area contributed by atoms with Crippen molar-refractivity contribution in [2.75, 3.05) is 52.4 Å². The van der Waals surface area contributed by atoms with Gasteiger partial charge in [-0.05, 0) is 80.6 Å². The van der Waals surface area contributed by atoms with Gasteiger partial charge >= 0.3 is 0 Å². The summed E-state index contributed by atoms with van der Waals surface area (Å²) in [6, 6.07) is 25.3. The Morgan fingerprint density at radius 2 is 1.40 bits per heavy atom. The number of rotatable bonds is 8. The highest BCUT2D eigenvalue weighted by molar-refractivity contribution is 6.42. The number of ether oxygens (including phenoxy) is 1. The second-order valence-corrected chi connectivity index (χ2v) is 13.1. The fourth-order valence-electron chi connectivity index (χ4n) is 6.95. The van der Waals surface area contributed by atoms with Crippen molar-refractivity contribution in [2.24, 2.45) is 0 Å². The van der Waals surface area contributed by atoms with Crippen molar-refractivity contribution >= 4 is 59.8 Å². The monoisotopic (exact) mass is 742 g/mol. The van der Waals surface area contributed by atoms with Crippen molar-refractivity contribution in [3.05, 3.63) is 106 Å². The molecule has 6 rings (SSSR count). The van der Waals surface area contributed by atoms with Gasteiger partial charge in [-0.1, -0.05) is 77.8 Å². The van der Waals surface area contributed by atoms with Crippen molar-refractivity contribution in [2.45, 2.75) is 43.1 Å². The van der Waals surface area contributed by atoms with Crippen LogP contribution in [0.15, 0.2) is 78.9 Å². The van der Waals surface area contributed by atoms with Crippen LogP contribution in [0, 0.1) is 0 Å². The standard InChI is InChI=1S/C35H40Cl2N4O3.2ClH.2H2O/c36-30-14-13-29(25-31(30)37)35(26-40(23-24-44-35)32(42)27-9-3-1-4-10-27)17-22-39-20-15-34(16-21-39,28-11-5-2-6-12-28)33(43)38-41-18-7-8-19-41;;;;/h1-6,9-14,25H,7-8,15-24,26H2,(H,38,43);2*1H;2*1H2. The van der Waals surface area contributed by atoms with Crippen LogP contribution < -0.4 is 5.43 Å². The zero-order valence-electron chi connectivity index (χ0n) is 26.8. The first kappa shape index (κ1) is 41.7. The van der Waals surface area contributed by atoms with E-state index in [0.29, 0.717) is 41.7 Å². The molecule has 9 nitrogen and oxygen atoms in total. The van der Waals surface area contributed by atoms with E-state index in [-0.39, 0.29) is 47.6 Å². The highest BCUT2D eigenvalue weighted by Gasteiger charge is 2.45. The number of piperidine rings is 1. The first-order chi connectivity index (χ1) is 21.4. The van der Waals surface area contributed by atoms with Crippen LogP contribution in [-0.2, 0) is 20.5 Å². The predicted octanol–water partition coefficient (Wildman–Crippen LogP) is 5.11. The number of hydrogen-bond acceptors (Lipinski definition) is 5. The normalized spacial score (nSPS) is 20.7. The van der Waals surface area contributed by atoms with Crippen molar-refractivity contribution in [3.8, 4) is 0 Å². The minimum atomic E-state index is -0.738. The van der Waals surface area contributed by atoms with Crippen molar-refractivity contribution in [3.63, 3.8) is 0 Å². The molecule has 3 heterocycles. The smallest absolute Gasteiger partial charge is 0.254 e. The van der Waals surface area contributed by atoms with Crippen molar-refractivity contribution < 1.29 is 25.3 Å². The third kappa shape index (κ3) is 9.01. The van der Waals surface area contributed by atoms with E-state index >= 15 is 0 Å². The van der Waals surface area contributed by atoms with Crippen LogP contribution in [0.4, 0.5) is 0 Å². The van der Waals surface area contributed by atoms with Gasteiger partial charge in [0.15, 0.2) is 0 Å². The lowest BCUT2D eigenvalue weighted by atomic mass is 9.72. The number of carbonyl (C=O) groups is 2. The summed E-state index contributed by atoms with van der Waals surface area (Å²) in [5.74, 6) is 0.0937. The molecule has 1 atom stereocenters. The molecular weight excluding hydrogens is 698 g/mol. The maximum absolute atomic E-state index is 13.8. The highest BCUT2D eigenvalue weighted by atomic mass is 35.5. The molecule has 2 amide bonds. The van der Waals surface area contributed by atoms with Gasteiger partial charge in [0.2, 0.25) is 5.91 Å². The van der Waals surface area contributed by atoms with Crippen LogP contribution in [0.5, 0.6) is 0 Å². The Morgan fingerprint density at radius 3 is 2.02 bits per heavy atom.